The quantitative estimate of drug-likeness (QED) is 0.0195. The van der Waals surface area contributed by atoms with Gasteiger partial charge in [-0.3, -0.25) is 14.2 Å². The lowest BCUT2D eigenvalue weighted by atomic mass is 10.0. The van der Waals surface area contributed by atoms with Crippen molar-refractivity contribution in [3.05, 3.63) is 72.9 Å². The Morgan fingerprint density at radius 2 is 0.648 bits per heavy atom. The zero-order chi connectivity index (χ0) is 64.1. The van der Waals surface area contributed by atoms with E-state index in [0.29, 0.717) is 17.4 Å². The molecule has 0 bridgehead atoms. The van der Waals surface area contributed by atoms with Crippen molar-refractivity contribution in [3.8, 4) is 0 Å². The third-order valence-electron chi connectivity index (χ3n) is 16.7. The third kappa shape index (κ3) is 72.5. The Kier molecular flexibility index (Phi) is 66.8. The van der Waals surface area contributed by atoms with Crippen LogP contribution < -0.4 is 4.89 Å². The lowest BCUT2D eigenvalue weighted by molar-refractivity contribution is -0.870. The highest BCUT2D eigenvalue weighted by Gasteiger charge is 2.22. The average molecular weight is 1250 g/mol. The van der Waals surface area contributed by atoms with Crippen molar-refractivity contribution in [2.24, 2.45) is 0 Å². The van der Waals surface area contributed by atoms with Gasteiger partial charge < -0.3 is 27.9 Å². The average Bonchev–Trinajstić information content (AvgIpc) is 3.56. The van der Waals surface area contributed by atoms with E-state index in [2.05, 4.69) is 86.8 Å². The topological polar surface area (TPSA) is 111 Å². The van der Waals surface area contributed by atoms with Crippen LogP contribution in [-0.2, 0) is 32.7 Å². The predicted octanol–water partition coefficient (Wildman–Crippen LogP) is 24.1. The molecule has 0 saturated carbocycles. The molecule has 0 aromatic carbocycles. The summed E-state index contributed by atoms with van der Waals surface area (Å²) in [4.78, 5) is 38.1. The number of ether oxygens (including phenoxy) is 2. The van der Waals surface area contributed by atoms with Crippen LogP contribution in [0.4, 0.5) is 0 Å². The Bertz CT molecular complexity index is 1710. The summed E-state index contributed by atoms with van der Waals surface area (Å²) in [5.41, 5.74) is 0. The number of hydrogen-bond donors (Lipinski definition) is 0. The van der Waals surface area contributed by atoms with E-state index in [1.54, 1.807) is 0 Å². The minimum atomic E-state index is -4.64. The molecule has 0 aliphatic heterocycles. The summed E-state index contributed by atoms with van der Waals surface area (Å²) >= 11 is 0. The zero-order valence-corrected chi connectivity index (χ0v) is 59.6. The summed E-state index contributed by atoms with van der Waals surface area (Å²) < 4.78 is 34.4. The fourth-order valence-corrected chi connectivity index (χ4v) is 11.7. The van der Waals surface area contributed by atoms with E-state index >= 15 is 0 Å². The number of allylic oxidation sites excluding steroid dienone is 12. The summed E-state index contributed by atoms with van der Waals surface area (Å²) in [5, 5.41) is 0. The van der Waals surface area contributed by atoms with Crippen LogP contribution in [0.2, 0.25) is 0 Å². The highest BCUT2D eigenvalue weighted by atomic mass is 31.2. The van der Waals surface area contributed by atoms with Crippen LogP contribution in [0.5, 0.6) is 0 Å². The molecule has 0 aliphatic carbocycles. The summed E-state index contributed by atoms with van der Waals surface area (Å²) in [6, 6.07) is 0. The fourth-order valence-electron chi connectivity index (χ4n) is 11.0. The number of carbonyl (C=O) groups excluding carboxylic acids is 2. The molecule has 2 atom stereocenters. The zero-order valence-electron chi connectivity index (χ0n) is 58.7. The molecular weight excluding hydrogens is 1110 g/mol. The van der Waals surface area contributed by atoms with Gasteiger partial charge in [0, 0.05) is 12.8 Å². The Labute approximate surface area is 546 Å². The van der Waals surface area contributed by atoms with Gasteiger partial charge in [0.05, 0.1) is 27.7 Å². The van der Waals surface area contributed by atoms with Gasteiger partial charge in [-0.05, 0) is 83.5 Å². The molecule has 0 N–H and O–H groups in total. The Hall–Kier alpha value is -2.55. The number of phosphoric acid groups is 1. The number of phosphoric ester groups is 1. The molecule has 88 heavy (non-hydrogen) atoms. The van der Waals surface area contributed by atoms with E-state index in [1.807, 2.05) is 21.1 Å². The van der Waals surface area contributed by atoms with Crippen molar-refractivity contribution >= 4 is 19.8 Å². The molecule has 0 aromatic rings. The van der Waals surface area contributed by atoms with Gasteiger partial charge in [0.25, 0.3) is 7.82 Å². The van der Waals surface area contributed by atoms with Gasteiger partial charge >= 0.3 is 11.9 Å². The predicted molar refractivity (Wildman–Crippen MR) is 379 cm³/mol. The van der Waals surface area contributed by atoms with E-state index in [4.69, 9.17) is 18.5 Å². The van der Waals surface area contributed by atoms with E-state index in [0.717, 1.165) is 70.6 Å². The van der Waals surface area contributed by atoms with Crippen LogP contribution in [0.15, 0.2) is 72.9 Å². The Balaban J connectivity index is 3.97. The molecular formula is C78H144NO8P. The Morgan fingerprint density at radius 1 is 0.364 bits per heavy atom. The standard InChI is InChI=1S/C78H144NO8P/c1-6-8-10-12-14-16-18-20-22-24-26-28-30-32-34-36-38-39-41-43-45-47-49-51-53-55-57-59-61-63-65-67-69-71-78(81)87-76(75-86-88(82,83)85-73-72-79(3,4)5)74-84-77(80)70-68-66-64-62-60-58-56-54-52-50-48-46-44-42-40-37-35-33-31-29-27-25-23-21-19-17-15-13-11-9-7-2/h8,10,14,16,20,22,25-28,32,34,76H,6-7,9,11-13,15,17-19,21,23-24,29-31,33,35-75H2,1-5H3/b10-8-,16-14-,22-20-,27-25-,28-26-,34-32-. The van der Waals surface area contributed by atoms with Crippen molar-refractivity contribution in [2.45, 2.75) is 367 Å². The van der Waals surface area contributed by atoms with Crippen LogP contribution in [-0.4, -0.2) is 70.0 Å². The number of hydrogen-bond acceptors (Lipinski definition) is 8. The van der Waals surface area contributed by atoms with Crippen LogP contribution in [0.3, 0.4) is 0 Å². The number of esters is 2. The monoisotopic (exact) mass is 1250 g/mol. The van der Waals surface area contributed by atoms with Gasteiger partial charge in [-0.2, -0.15) is 0 Å². The van der Waals surface area contributed by atoms with Gasteiger partial charge in [0.2, 0.25) is 0 Å². The summed E-state index contributed by atoms with van der Waals surface area (Å²) in [7, 11) is 1.18. The SMILES string of the molecule is CC/C=C\C/C=C\C/C=C\C/C=C\C/C=C\CCCCCCCCCCCCCCCCCCCC(=O)OC(COC(=O)CCCCCCCCCCCCCCCCCCCCC/C=C\CCCCCCCCCC)COP(=O)([O-])OCC[N+](C)(C)C. The number of nitrogens with zero attached hydrogens (tertiary/aromatic N) is 1. The van der Waals surface area contributed by atoms with E-state index in [9.17, 15) is 19.0 Å². The van der Waals surface area contributed by atoms with Gasteiger partial charge in [0.15, 0.2) is 6.10 Å². The number of likely N-dealkylation sites (N-methyl/N-ethyl adjacent to an activating group) is 1. The van der Waals surface area contributed by atoms with E-state index in [1.165, 1.54) is 257 Å². The first kappa shape index (κ1) is 85.5. The van der Waals surface area contributed by atoms with Crippen LogP contribution in [0, 0.1) is 0 Å². The molecule has 0 radical (unpaired) electrons. The van der Waals surface area contributed by atoms with Crippen molar-refractivity contribution in [1.82, 2.24) is 0 Å². The van der Waals surface area contributed by atoms with Crippen molar-refractivity contribution < 1.29 is 42.1 Å². The first-order chi connectivity index (χ1) is 43.0. The molecule has 0 spiro atoms. The lowest BCUT2D eigenvalue weighted by Gasteiger charge is -2.28. The number of unbranched alkanes of at least 4 members (excludes halogenated alkanes) is 44. The summed E-state index contributed by atoms with van der Waals surface area (Å²) in [6.45, 7) is 4.18. The molecule has 0 heterocycles. The van der Waals surface area contributed by atoms with E-state index < -0.39 is 26.5 Å². The van der Waals surface area contributed by atoms with Crippen LogP contribution in [0.1, 0.15) is 361 Å². The Morgan fingerprint density at radius 3 is 0.977 bits per heavy atom. The molecule has 0 saturated heterocycles. The van der Waals surface area contributed by atoms with Gasteiger partial charge in [-0.15, -0.1) is 0 Å². The number of carbonyl (C=O) groups is 2. The maximum Gasteiger partial charge on any atom is 0.306 e. The second kappa shape index (κ2) is 68.8. The molecule has 0 amide bonds. The van der Waals surface area contributed by atoms with Crippen LogP contribution in [0.25, 0.3) is 0 Å². The summed E-state index contributed by atoms with van der Waals surface area (Å²) in [5.74, 6) is -0.816. The van der Waals surface area contributed by atoms with E-state index in [-0.39, 0.29) is 32.0 Å². The number of quaternary nitrogens is 1. The molecule has 0 fully saturated rings. The second-order valence-corrected chi connectivity index (χ2v) is 28.0. The van der Waals surface area contributed by atoms with Gasteiger partial charge in [-0.25, -0.2) is 0 Å². The molecule has 0 rings (SSSR count). The third-order valence-corrected chi connectivity index (χ3v) is 17.7. The molecule has 10 heteroatoms. The highest BCUT2D eigenvalue weighted by Crippen LogP contribution is 2.38. The minimum absolute atomic E-state index is 0.0301. The molecule has 2 unspecified atom stereocenters. The normalized spacial score (nSPS) is 13.5. The van der Waals surface area contributed by atoms with Crippen molar-refractivity contribution in [1.29, 1.82) is 0 Å². The first-order valence-corrected chi connectivity index (χ1v) is 39.1. The molecule has 9 nitrogen and oxygen atoms in total. The van der Waals surface area contributed by atoms with Gasteiger partial charge in [0.1, 0.15) is 19.8 Å². The maximum absolute atomic E-state index is 12.9. The second-order valence-electron chi connectivity index (χ2n) is 26.6. The fraction of sp³-hybridized carbons (Fsp3) is 0.821. The minimum Gasteiger partial charge on any atom is -0.756 e. The lowest BCUT2D eigenvalue weighted by Crippen LogP contribution is -2.37. The molecule has 514 valence electrons. The largest absolute Gasteiger partial charge is 0.756 e. The number of rotatable bonds is 70. The molecule has 0 aromatic heterocycles. The summed E-state index contributed by atoms with van der Waals surface area (Å²) in [6.07, 6.45) is 92.9. The van der Waals surface area contributed by atoms with Crippen molar-refractivity contribution in [2.75, 3.05) is 47.5 Å². The van der Waals surface area contributed by atoms with Crippen LogP contribution >= 0.6 is 7.82 Å². The molecule has 0 aliphatic rings. The first-order valence-electron chi connectivity index (χ1n) is 37.6. The van der Waals surface area contributed by atoms with Crippen molar-refractivity contribution in [3.63, 3.8) is 0 Å². The highest BCUT2D eigenvalue weighted by molar-refractivity contribution is 7.45. The maximum atomic E-state index is 12.9. The van der Waals surface area contributed by atoms with Gasteiger partial charge in [-0.1, -0.05) is 337 Å². The smallest absolute Gasteiger partial charge is 0.306 e.